The van der Waals surface area contributed by atoms with Gasteiger partial charge in [0, 0.05) is 32.0 Å². The highest BCUT2D eigenvalue weighted by Gasteiger charge is 2.30. The van der Waals surface area contributed by atoms with E-state index in [2.05, 4.69) is 28.7 Å². The number of aromatic nitrogens is 3. The molecule has 0 bridgehead atoms. The molecule has 1 saturated heterocycles. The second-order valence-corrected chi connectivity index (χ2v) is 10.1. The minimum Gasteiger partial charge on any atom is -0.392 e. The van der Waals surface area contributed by atoms with E-state index in [4.69, 9.17) is 4.98 Å². The molecule has 2 aromatic rings. The number of piperidine rings is 1. The second-order valence-electron chi connectivity index (χ2n) is 9.10. The maximum atomic E-state index is 9.96. The molecule has 6 nitrogen and oxygen atoms in total. The van der Waals surface area contributed by atoms with Crippen molar-refractivity contribution >= 4 is 21.7 Å². The van der Waals surface area contributed by atoms with E-state index in [9.17, 15) is 10.2 Å². The highest BCUT2D eigenvalue weighted by molar-refractivity contribution is 7.18. The Hall–Kier alpha value is -1.15. The molecule has 1 aliphatic carbocycles. The Morgan fingerprint density at radius 3 is 2.41 bits per heavy atom. The second kappa shape index (κ2) is 7.35. The van der Waals surface area contributed by atoms with Crippen LogP contribution in [0.25, 0.3) is 10.3 Å². The van der Waals surface area contributed by atoms with E-state index < -0.39 is 12.2 Å². The van der Waals surface area contributed by atoms with E-state index in [1.807, 2.05) is 6.92 Å². The SMILES string of the molecule is Cc1nc(CN2C[C@@H](O)C[C@H](O)C2)c2nc(C3CCC(C)(C)CC3)sc2n1. The predicted octanol–water partition coefficient (Wildman–Crippen LogP) is 3.01. The van der Waals surface area contributed by atoms with Gasteiger partial charge in [0.2, 0.25) is 0 Å². The van der Waals surface area contributed by atoms with Crippen molar-refractivity contribution in [1.29, 1.82) is 0 Å². The van der Waals surface area contributed by atoms with Crippen molar-refractivity contribution in [3.05, 3.63) is 16.5 Å². The summed E-state index contributed by atoms with van der Waals surface area (Å²) in [5.41, 5.74) is 2.27. The molecule has 4 rings (SSSR count). The van der Waals surface area contributed by atoms with Crippen LogP contribution in [0.1, 0.15) is 68.4 Å². The molecular weight excluding hydrogens is 360 g/mol. The first-order chi connectivity index (χ1) is 12.8. The molecule has 0 spiro atoms. The number of fused-ring (bicyclic) bond motifs is 1. The van der Waals surface area contributed by atoms with Crippen LogP contribution in [0.15, 0.2) is 0 Å². The van der Waals surface area contributed by atoms with Crippen LogP contribution < -0.4 is 0 Å². The molecule has 1 saturated carbocycles. The Labute approximate surface area is 164 Å². The largest absolute Gasteiger partial charge is 0.392 e. The molecule has 27 heavy (non-hydrogen) atoms. The van der Waals surface area contributed by atoms with Crippen LogP contribution in [0.4, 0.5) is 0 Å². The van der Waals surface area contributed by atoms with Crippen LogP contribution in [0.2, 0.25) is 0 Å². The molecule has 2 aliphatic rings. The van der Waals surface area contributed by atoms with Gasteiger partial charge in [-0.3, -0.25) is 4.90 Å². The Morgan fingerprint density at radius 2 is 1.74 bits per heavy atom. The third kappa shape index (κ3) is 4.31. The lowest BCUT2D eigenvalue weighted by molar-refractivity contribution is -0.0113. The summed E-state index contributed by atoms with van der Waals surface area (Å²) in [6.07, 6.45) is 4.36. The fourth-order valence-corrected chi connectivity index (χ4v) is 5.59. The van der Waals surface area contributed by atoms with Crippen LogP contribution in [0, 0.1) is 12.3 Å². The first-order valence-electron chi connectivity index (χ1n) is 10.0. The van der Waals surface area contributed by atoms with Crippen molar-refractivity contribution in [3.63, 3.8) is 0 Å². The zero-order chi connectivity index (χ0) is 19.2. The minimum atomic E-state index is -0.483. The Morgan fingerprint density at radius 1 is 1.07 bits per heavy atom. The number of rotatable bonds is 3. The molecule has 2 atom stereocenters. The molecule has 2 aromatic heterocycles. The van der Waals surface area contributed by atoms with Gasteiger partial charge in [-0.1, -0.05) is 25.2 Å². The molecule has 0 amide bonds. The van der Waals surface area contributed by atoms with Gasteiger partial charge in [-0.2, -0.15) is 0 Å². The lowest BCUT2D eigenvalue weighted by Crippen LogP contribution is -2.45. The third-order valence-electron chi connectivity index (χ3n) is 6.00. The number of thiazole rings is 1. The maximum absolute atomic E-state index is 9.96. The molecule has 7 heteroatoms. The number of hydrogen-bond acceptors (Lipinski definition) is 7. The molecule has 0 aromatic carbocycles. The van der Waals surface area contributed by atoms with Gasteiger partial charge in [-0.25, -0.2) is 15.0 Å². The van der Waals surface area contributed by atoms with Crippen molar-refractivity contribution in [3.8, 4) is 0 Å². The van der Waals surface area contributed by atoms with E-state index in [0.717, 1.165) is 21.9 Å². The lowest BCUT2D eigenvalue weighted by Gasteiger charge is -2.33. The first kappa shape index (κ1) is 19.2. The van der Waals surface area contributed by atoms with Crippen molar-refractivity contribution in [2.45, 2.75) is 77.5 Å². The summed E-state index contributed by atoms with van der Waals surface area (Å²) in [5, 5.41) is 21.1. The minimum absolute atomic E-state index is 0.449. The summed E-state index contributed by atoms with van der Waals surface area (Å²) in [4.78, 5) is 17.3. The molecule has 1 aliphatic heterocycles. The van der Waals surface area contributed by atoms with E-state index in [0.29, 0.717) is 37.4 Å². The van der Waals surface area contributed by atoms with Gasteiger partial charge in [0.1, 0.15) is 16.2 Å². The number of likely N-dealkylation sites (tertiary alicyclic amines) is 1. The molecule has 0 radical (unpaired) electrons. The van der Waals surface area contributed by atoms with Crippen molar-refractivity contribution in [2.75, 3.05) is 13.1 Å². The highest BCUT2D eigenvalue weighted by atomic mass is 32.1. The molecule has 148 valence electrons. The van der Waals surface area contributed by atoms with Crippen LogP contribution in [-0.2, 0) is 6.54 Å². The Balaban J connectivity index is 1.59. The molecule has 0 unspecified atom stereocenters. The fourth-order valence-electron chi connectivity index (χ4n) is 4.42. The number of aliphatic hydroxyl groups is 2. The predicted molar refractivity (Wildman–Crippen MR) is 107 cm³/mol. The number of β-amino-alcohol motifs (C(OH)–C–C–N with tert-alkyl or cyclic N) is 2. The van der Waals surface area contributed by atoms with E-state index in [1.54, 1.807) is 11.3 Å². The average Bonchev–Trinajstić information content (AvgIpc) is 2.97. The third-order valence-corrected chi connectivity index (χ3v) is 7.11. The van der Waals surface area contributed by atoms with Crippen LogP contribution in [-0.4, -0.2) is 55.4 Å². The zero-order valence-corrected chi connectivity index (χ0v) is 17.3. The summed E-state index contributed by atoms with van der Waals surface area (Å²) in [6, 6.07) is 0. The number of aliphatic hydroxyl groups excluding tert-OH is 2. The monoisotopic (exact) mass is 390 g/mol. The number of nitrogens with zero attached hydrogens (tertiary/aromatic N) is 4. The van der Waals surface area contributed by atoms with Gasteiger partial charge < -0.3 is 10.2 Å². The molecule has 3 heterocycles. The van der Waals surface area contributed by atoms with Gasteiger partial charge in [0.15, 0.2) is 0 Å². The van der Waals surface area contributed by atoms with Gasteiger partial charge in [0.05, 0.1) is 22.9 Å². The summed E-state index contributed by atoms with van der Waals surface area (Å²) in [7, 11) is 0. The van der Waals surface area contributed by atoms with Crippen molar-refractivity contribution in [1.82, 2.24) is 19.9 Å². The lowest BCUT2D eigenvalue weighted by atomic mass is 9.73. The first-order valence-corrected chi connectivity index (χ1v) is 10.8. The van der Waals surface area contributed by atoms with E-state index in [-0.39, 0.29) is 0 Å². The zero-order valence-electron chi connectivity index (χ0n) is 16.5. The van der Waals surface area contributed by atoms with E-state index in [1.165, 1.54) is 30.7 Å². The van der Waals surface area contributed by atoms with Crippen molar-refractivity contribution < 1.29 is 10.2 Å². The highest BCUT2D eigenvalue weighted by Crippen LogP contribution is 2.44. The number of aryl methyl sites for hydroxylation is 1. The van der Waals surface area contributed by atoms with Crippen molar-refractivity contribution in [2.24, 2.45) is 5.41 Å². The normalized spacial score (nSPS) is 27.3. The van der Waals surface area contributed by atoms with Gasteiger partial charge >= 0.3 is 0 Å². The maximum Gasteiger partial charge on any atom is 0.147 e. The summed E-state index contributed by atoms with van der Waals surface area (Å²) >= 11 is 1.72. The molecule has 2 N–H and O–H groups in total. The summed E-state index contributed by atoms with van der Waals surface area (Å²) in [6.45, 7) is 8.36. The Bertz CT molecular complexity index is 802. The van der Waals surface area contributed by atoms with Gasteiger partial charge in [-0.05, 0) is 38.0 Å². The van der Waals surface area contributed by atoms with Crippen LogP contribution in [0.3, 0.4) is 0 Å². The average molecular weight is 391 g/mol. The molecule has 2 fully saturated rings. The van der Waals surface area contributed by atoms with Crippen LogP contribution in [0.5, 0.6) is 0 Å². The standard InChI is InChI=1S/C20H30N4O2S/c1-12-21-16(11-24-9-14(25)8-15(26)10-24)17-19(22-12)27-18(23-17)13-4-6-20(2,3)7-5-13/h13-15,25-26H,4-11H2,1-3H3/t14-,15-/m0/s1. The van der Waals surface area contributed by atoms with Gasteiger partial charge in [-0.15, -0.1) is 0 Å². The molecular formula is C20H30N4O2S. The van der Waals surface area contributed by atoms with E-state index >= 15 is 0 Å². The van der Waals surface area contributed by atoms with Crippen LogP contribution >= 0.6 is 11.3 Å². The van der Waals surface area contributed by atoms with Gasteiger partial charge in [0.25, 0.3) is 0 Å². The Kier molecular flexibility index (Phi) is 5.22. The topological polar surface area (TPSA) is 82.4 Å². The quantitative estimate of drug-likeness (QED) is 0.838. The summed E-state index contributed by atoms with van der Waals surface area (Å²) < 4.78 is 0. The fraction of sp³-hybridized carbons (Fsp3) is 0.750. The smallest absolute Gasteiger partial charge is 0.147 e. The summed E-state index contributed by atoms with van der Waals surface area (Å²) in [5.74, 6) is 1.29. The number of hydrogen-bond donors (Lipinski definition) is 2.